The molecule has 8 nitrogen and oxygen atoms in total. The van der Waals surface area contributed by atoms with Crippen molar-refractivity contribution in [3.8, 4) is 0 Å². The van der Waals surface area contributed by atoms with Crippen LogP contribution in [0.25, 0.3) is 0 Å². The summed E-state index contributed by atoms with van der Waals surface area (Å²) in [4.78, 5) is 23.7. The molecule has 1 aromatic rings. The lowest BCUT2D eigenvalue weighted by molar-refractivity contribution is 0.0493. The van der Waals surface area contributed by atoms with Gasteiger partial charge in [-0.25, -0.2) is 9.78 Å². The van der Waals surface area contributed by atoms with Gasteiger partial charge in [0.05, 0.1) is 12.6 Å². The van der Waals surface area contributed by atoms with E-state index in [1.807, 2.05) is 39.1 Å². The number of guanidine groups is 1. The number of ether oxygens (including phenoxy) is 1. The molecule has 0 aliphatic carbocycles. The van der Waals surface area contributed by atoms with Gasteiger partial charge in [-0.3, -0.25) is 4.99 Å². The molecule has 1 saturated heterocycles. The maximum atomic E-state index is 12.2. The predicted octanol–water partition coefficient (Wildman–Crippen LogP) is 3.15. The molecule has 174 valence electrons. The maximum absolute atomic E-state index is 12.2. The van der Waals surface area contributed by atoms with Crippen LogP contribution in [0.3, 0.4) is 0 Å². The number of carbonyl (C=O) groups excluding carboxylic acids is 1. The normalized spacial score (nSPS) is 16.7. The van der Waals surface area contributed by atoms with Gasteiger partial charge in [0.25, 0.3) is 0 Å². The minimum atomic E-state index is -0.518. The highest BCUT2D eigenvalue weighted by Crippen LogP contribution is 2.17. The van der Waals surface area contributed by atoms with Gasteiger partial charge in [0, 0.05) is 31.9 Å². The Kier molecular flexibility index (Phi) is 9.40. The minimum Gasteiger partial charge on any atom is -0.444 e. The van der Waals surface area contributed by atoms with Gasteiger partial charge in [0.15, 0.2) is 5.96 Å². The first-order valence-electron chi connectivity index (χ1n) is 11.4. The van der Waals surface area contributed by atoms with Gasteiger partial charge in [-0.05, 0) is 58.6 Å². The van der Waals surface area contributed by atoms with Gasteiger partial charge >= 0.3 is 6.09 Å². The molecule has 8 heteroatoms. The summed E-state index contributed by atoms with van der Waals surface area (Å²) in [7, 11) is 0. The van der Waals surface area contributed by atoms with Crippen LogP contribution < -0.4 is 20.9 Å². The van der Waals surface area contributed by atoms with Crippen molar-refractivity contribution in [3.05, 3.63) is 24.4 Å². The van der Waals surface area contributed by atoms with Crippen molar-refractivity contribution in [1.82, 2.24) is 20.9 Å². The van der Waals surface area contributed by atoms with E-state index in [1.54, 1.807) is 0 Å². The maximum Gasteiger partial charge on any atom is 0.407 e. The third kappa shape index (κ3) is 9.02. The molecule has 1 fully saturated rings. The molecule has 0 bridgehead atoms. The number of hydrogen-bond acceptors (Lipinski definition) is 5. The van der Waals surface area contributed by atoms with Crippen molar-refractivity contribution in [3.63, 3.8) is 0 Å². The molecule has 1 atom stereocenters. The summed E-state index contributed by atoms with van der Waals surface area (Å²) < 4.78 is 5.40. The molecule has 1 amide bonds. The van der Waals surface area contributed by atoms with Crippen LogP contribution in [0.1, 0.15) is 54.4 Å². The number of carbonyl (C=O) groups is 1. The van der Waals surface area contributed by atoms with Crippen molar-refractivity contribution < 1.29 is 9.53 Å². The lowest BCUT2D eigenvalue weighted by Gasteiger charge is -2.34. The van der Waals surface area contributed by atoms with Crippen molar-refractivity contribution in [2.75, 3.05) is 31.1 Å². The fourth-order valence-corrected chi connectivity index (χ4v) is 3.38. The summed E-state index contributed by atoms with van der Waals surface area (Å²) in [5, 5.41) is 9.85. The molecule has 1 aromatic heterocycles. The number of aliphatic imine (C=N–C) groups is 1. The van der Waals surface area contributed by atoms with E-state index in [4.69, 9.17) is 9.73 Å². The molecule has 31 heavy (non-hydrogen) atoms. The molecule has 1 aliphatic heterocycles. The monoisotopic (exact) mass is 432 g/mol. The molecule has 1 aliphatic rings. The van der Waals surface area contributed by atoms with Crippen molar-refractivity contribution in [1.29, 1.82) is 0 Å². The quantitative estimate of drug-likeness (QED) is 0.453. The second kappa shape index (κ2) is 11.8. The zero-order valence-electron chi connectivity index (χ0n) is 19.9. The summed E-state index contributed by atoms with van der Waals surface area (Å²) in [6.07, 6.45) is 3.47. The average molecular weight is 433 g/mol. The lowest BCUT2D eigenvalue weighted by atomic mass is 10.0. The van der Waals surface area contributed by atoms with E-state index >= 15 is 0 Å². The van der Waals surface area contributed by atoms with Crippen LogP contribution >= 0.6 is 0 Å². The Bertz CT molecular complexity index is 694. The van der Waals surface area contributed by atoms with Crippen LogP contribution in [0.5, 0.6) is 0 Å². The van der Waals surface area contributed by atoms with Crippen LogP contribution in [0.4, 0.5) is 10.6 Å². The van der Waals surface area contributed by atoms with Crippen LogP contribution in [0.15, 0.2) is 29.4 Å². The van der Waals surface area contributed by atoms with Crippen LogP contribution in [-0.4, -0.2) is 60.9 Å². The zero-order valence-corrected chi connectivity index (χ0v) is 19.9. The minimum absolute atomic E-state index is 0.101. The Balaban J connectivity index is 1.90. The smallest absolute Gasteiger partial charge is 0.407 e. The van der Waals surface area contributed by atoms with E-state index < -0.39 is 11.7 Å². The van der Waals surface area contributed by atoms with E-state index in [1.165, 1.54) is 0 Å². The van der Waals surface area contributed by atoms with Crippen molar-refractivity contribution in [2.45, 2.75) is 72.1 Å². The SMILES string of the molecule is CCNC(=NCC(NC(=O)OC(C)(C)C)C(C)C)NC1CCN(c2ccccn2)CC1. The number of amides is 1. The summed E-state index contributed by atoms with van der Waals surface area (Å²) in [5.41, 5.74) is -0.518. The molecule has 0 radical (unpaired) electrons. The average Bonchev–Trinajstić information content (AvgIpc) is 2.70. The molecule has 2 rings (SSSR count). The molecule has 2 heterocycles. The van der Waals surface area contributed by atoms with Crippen molar-refractivity contribution in [2.24, 2.45) is 10.9 Å². The molecule has 1 unspecified atom stereocenters. The van der Waals surface area contributed by atoms with E-state index in [2.05, 4.69) is 52.7 Å². The molecule has 0 saturated carbocycles. The first kappa shape index (κ1) is 24.8. The van der Waals surface area contributed by atoms with E-state index in [0.717, 1.165) is 44.3 Å². The van der Waals surface area contributed by atoms with E-state index in [-0.39, 0.29) is 12.0 Å². The highest BCUT2D eigenvalue weighted by atomic mass is 16.6. The molecule has 0 spiro atoms. The number of aromatic nitrogens is 1. The molecular weight excluding hydrogens is 392 g/mol. The van der Waals surface area contributed by atoms with Crippen molar-refractivity contribution >= 4 is 17.9 Å². The number of nitrogens with zero attached hydrogens (tertiary/aromatic N) is 3. The van der Waals surface area contributed by atoms with Gasteiger partial charge in [0.2, 0.25) is 0 Å². The van der Waals surface area contributed by atoms with Crippen LogP contribution in [0, 0.1) is 5.92 Å². The second-order valence-corrected chi connectivity index (χ2v) is 9.31. The standard InChI is InChI=1S/C23H40N6O2/c1-7-24-21(26-16-19(17(2)3)28-22(30)31-23(4,5)6)27-18-11-14-29(15-12-18)20-10-8-9-13-25-20/h8-10,13,17-19H,7,11-12,14-16H2,1-6H3,(H,28,30)(H2,24,26,27). The number of nitrogens with one attached hydrogen (secondary N) is 3. The Hall–Kier alpha value is -2.51. The number of piperidine rings is 1. The Morgan fingerprint density at radius 2 is 2.00 bits per heavy atom. The first-order chi connectivity index (χ1) is 14.7. The second-order valence-electron chi connectivity index (χ2n) is 9.31. The van der Waals surface area contributed by atoms with E-state index in [9.17, 15) is 4.79 Å². The first-order valence-corrected chi connectivity index (χ1v) is 11.4. The lowest BCUT2D eigenvalue weighted by Crippen LogP contribution is -2.49. The van der Waals surface area contributed by atoms with Gasteiger partial charge in [-0.15, -0.1) is 0 Å². The Morgan fingerprint density at radius 1 is 1.29 bits per heavy atom. The molecule has 0 aromatic carbocycles. The van der Waals surface area contributed by atoms with Crippen LogP contribution in [0.2, 0.25) is 0 Å². The highest BCUT2D eigenvalue weighted by Gasteiger charge is 2.23. The van der Waals surface area contributed by atoms with Gasteiger partial charge in [-0.2, -0.15) is 0 Å². The Labute approximate surface area is 187 Å². The number of hydrogen-bond donors (Lipinski definition) is 3. The summed E-state index contributed by atoms with van der Waals surface area (Å²) in [6.45, 7) is 15.0. The zero-order chi connectivity index (χ0) is 22.9. The third-order valence-corrected chi connectivity index (χ3v) is 5.11. The largest absolute Gasteiger partial charge is 0.444 e. The van der Waals surface area contributed by atoms with Crippen LogP contribution in [-0.2, 0) is 4.74 Å². The number of pyridine rings is 1. The van der Waals surface area contributed by atoms with Gasteiger partial charge in [-0.1, -0.05) is 19.9 Å². The summed E-state index contributed by atoms with van der Waals surface area (Å²) >= 11 is 0. The summed E-state index contributed by atoms with van der Waals surface area (Å²) in [6, 6.07) is 6.28. The van der Waals surface area contributed by atoms with Gasteiger partial charge in [0.1, 0.15) is 11.4 Å². The summed E-state index contributed by atoms with van der Waals surface area (Å²) in [5.74, 6) is 2.06. The van der Waals surface area contributed by atoms with Gasteiger partial charge < -0.3 is 25.6 Å². The fraction of sp³-hybridized carbons (Fsp3) is 0.696. The number of alkyl carbamates (subject to hydrolysis) is 1. The van der Waals surface area contributed by atoms with E-state index in [0.29, 0.717) is 12.6 Å². The topological polar surface area (TPSA) is 90.9 Å². The third-order valence-electron chi connectivity index (χ3n) is 5.11. The number of anilines is 1. The molecular formula is C23H40N6O2. The molecule has 3 N–H and O–H groups in total. The highest BCUT2D eigenvalue weighted by molar-refractivity contribution is 5.80. The fourth-order valence-electron chi connectivity index (χ4n) is 3.38. The predicted molar refractivity (Wildman–Crippen MR) is 127 cm³/mol. The Morgan fingerprint density at radius 3 is 2.55 bits per heavy atom. The number of rotatable bonds is 7.